The quantitative estimate of drug-likeness (QED) is 0.918. The first-order valence-corrected chi connectivity index (χ1v) is 6.46. The summed E-state index contributed by atoms with van der Waals surface area (Å²) in [6.45, 7) is 2.45. The van der Waals surface area contributed by atoms with Crippen LogP contribution in [-0.2, 0) is 6.54 Å². The van der Waals surface area contributed by atoms with Gasteiger partial charge in [-0.2, -0.15) is 0 Å². The molecule has 0 spiro atoms. The van der Waals surface area contributed by atoms with Gasteiger partial charge in [-0.25, -0.2) is 9.97 Å². The van der Waals surface area contributed by atoms with Gasteiger partial charge in [0.2, 0.25) is 11.8 Å². The summed E-state index contributed by atoms with van der Waals surface area (Å²) in [5.74, 6) is 0.961. The number of halogens is 1. The van der Waals surface area contributed by atoms with E-state index in [2.05, 4.69) is 15.3 Å². The molecule has 5 nitrogen and oxygen atoms in total. The minimum absolute atomic E-state index is 0.456. The number of aryl methyl sites for hydroxylation is 1. The second-order valence-electron chi connectivity index (χ2n) is 4.16. The van der Waals surface area contributed by atoms with Crippen LogP contribution in [0.4, 0.5) is 5.69 Å². The van der Waals surface area contributed by atoms with Gasteiger partial charge in [0.05, 0.1) is 37.0 Å². The maximum absolute atomic E-state index is 6.19. The zero-order valence-corrected chi connectivity index (χ0v) is 12.4. The van der Waals surface area contributed by atoms with Gasteiger partial charge in [-0.15, -0.1) is 0 Å². The van der Waals surface area contributed by atoms with Crippen LogP contribution in [0.25, 0.3) is 0 Å². The van der Waals surface area contributed by atoms with Gasteiger partial charge in [-0.1, -0.05) is 23.7 Å². The number of methoxy groups -OCH3 is 2. The molecule has 0 bridgehead atoms. The van der Waals surface area contributed by atoms with E-state index in [4.69, 9.17) is 21.1 Å². The minimum Gasteiger partial charge on any atom is -0.481 e. The highest BCUT2D eigenvalue weighted by molar-refractivity contribution is 6.33. The molecule has 2 rings (SSSR count). The van der Waals surface area contributed by atoms with E-state index >= 15 is 0 Å². The topological polar surface area (TPSA) is 56.3 Å². The first kappa shape index (κ1) is 14.4. The fraction of sp³-hybridized carbons (Fsp3) is 0.286. The van der Waals surface area contributed by atoms with E-state index in [9.17, 15) is 0 Å². The summed E-state index contributed by atoms with van der Waals surface area (Å²) >= 11 is 6.19. The second-order valence-corrected chi connectivity index (χ2v) is 4.56. The number of hydrogen-bond acceptors (Lipinski definition) is 5. The number of aromatic nitrogens is 2. The van der Waals surface area contributed by atoms with Crippen molar-refractivity contribution in [3.05, 3.63) is 40.7 Å². The van der Waals surface area contributed by atoms with Crippen LogP contribution in [-0.4, -0.2) is 24.2 Å². The van der Waals surface area contributed by atoms with Gasteiger partial charge >= 0.3 is 0 Å². The largest absolute Gasteiger partial charge is 0.481 e. The summed E-state index contributed by atoms with van der Waals surface area (Å²) in [5.41, 5.74) is 2.69. The summed E-state index contributed by atoms with van der Waals surface area (Å²) in [6.07, 6.45) is 1.40. The Morgan fingerprint density at radius 2 is 1.80 bits per heavy atom. The number of benzene rings is 1. The lowest BCUT2D eigenvalue weighted by Gasteiger charge is -2.14. The van der Waals surface area contributed by atoms with Crippen molar-refractivity contribution in [2.75, 3.05) is 19.5 Å². The Labute approximate surface area is 122 Å². The van der Waals surface area contributed by atoms with Crippen molar-refractivity contribution < 1.29 is 9.47 Å². The van der Waals surface area contributed by atoms with Gasteiger partial charge in [0, 0.05) is 0 Å². The van der Waals surface area contributed by atoms with Crippen LogP contribution < -0.4 is 14.8 Å². The Bertz CT molecular complexity index is 562. The van der Waals surface area contributed by atoms with Crippen LogP contribution in [0.1, 0.15) is 11.1 Å². The predicted molar refractivity (Wildman–Crippen MR) is 78.7 cm³/mol. The molecule has 0 aliphatic heterocycles. The lowest BCUT2D eigenvalue weighted by Crippen LogP contribution is -2.07. The molecule has 0 amide bonds. The normalized spacial score (nSPS) is 10.2. The van der Waals surface area contributed by atoms with E-state index in [1.54, 1.807) is 14.2 Å². The van der Waals surface area contributed by atoms with Crippen molar-refractivity contribution in [1.29, 1.82) is 0 Å². The first-order chi connectivity index (χ1) is 9.67. The second kappa shape index (κ2) is 6.43. The van der Waals surface area contributed by atoms with Crippen LogP contribution in [0.2, 0.25) is 5.02 Å². The molecule has 6 heteroatoms. The van der Waals surface area contributed by atoms with Crippen molar-refractivity contribution in [3.8, 4) is 11.8 Å². The van der Waals surface area contributed by atoms with Crippen molar-refractivity contribution >= 4 is 17.3 Å². The molecule has 0 fully saturated rings. The Hall–Kier alpha value is -2.01. The lowest BCUT2D eigenvalue weighted by molar-refractivity contribution is 0.363. The molecule has 0 aliphatic rings. The average Bonchev–Trinajstić information content (AvgIpc) is 2.46. The van der Waals surface area contributed by atoms with Crippen molar-refractivity contribution in [2.24, 2.45) is 0 Å². The van der Waals surface area contributed by atoms with Crippen LogP contribution in [0, 0.1) is 6.92 Å². The van der Waals surface area contributed by atoms with Crippen LogP contribution >= 0.6 is 11.6 Å². The summed E-state index contributed by atoms with van der Waals surface area (Å²) in [7, 11) is 3.12. The smallest absolute Gasteiger partial charge is 0.225 e. The maximum atomic E-state index is 6.19. The molecule has 1 aromatic carbocycles. The zero-order valence-electron chi connectivity index (χ0n) is 11.6. The summed E-state index contributed by atoms with van der Waals surface area (Å²) in [4.78, 5) is 8.15. The van der Waals surface area contributed by atoms with E-state index < -0.39 is 0 Å². The number of nitrogens with zero attached hydrogens (tertiary/aromatic N) is 2. The molecular weight excluding hydrogens is 278 g/mol. The highest BCUT2D eigenvalue weighted by Crippen LogP contribution is 2.29. The number of para-hydroxylation sites is 1. The van der Waals surface area contributed by atoms with Gasteiger partial charge in [0.25, 0.3) is 0 Å². The van der Waals surface area contributed by atoms with E-state index in [0.717, 1.165) is 16.8 Å². The maximum Gasteiger partial charge on any atom is 0.225 e. The molecule has 0 saturated heterocycles. The van der Waals surface area contributed by atoms with Crippen molar-refractivity contribution in [1.82, 2.24) is 9.97 Å². The number of nitrogens with one attached hydrogen (secondary N) is 1. The Morgan fingerprint density at radius 1 is 1.15 bits per heavy atom. The zero-order chi connectivity index (χ0) is 14.5. The molecule has 0 saturated carbocycles. The lowest BCUT2D eigenvalue weighted by atomic mass is 10.2. The number of anilines is 1. The number of hydrogen-bond donors (Lipinski definition) is 1. The van der Waals surface area contributed by atoms with Crippen LogP contribution in [0.3, 0.4) is 0 Å². The predicted octanol–water partition coefficient (Wildman–Crippen LogP) is 3.07. The third-order valence-corrected chi connectivity index (χ3v) is 3.23. The molecule has 0 radical (unpaired) electrons. The molecule has 0 atom stereocenters. The fourth-order valence-electron chi connectivity index (χ4n) is 1.92. The molecule has 0 unspecified atom stereocenters. The minimum atomic E-state index is 0.456. The molecule has 1 heterocycles. The van der Waals surface area contributed by atoms with Gasteiger partial charge in [0.1, 0.15) is 6.33 Å². The molecule has 20 heavy (non-hydrogen) atoms. The van der Waals surface area contributed by atoms with Gasteiger partial charge in [-0.3, -0.25) is 0 Å². The summed E-state index contributed by atoms with van der Waals surface area (Å²) in [6, 6.07) is 5.74. The fourth-order valence-corrected chi connectivity index (χ4v) is 2.21. The van der Waals surface area contributed by atoms with Gasteiger partial charge < -0.3 is 14.8 Å². The Kier molecular flexibility index (Phi) is 4.63. The molecule has 2 aromatic rings. The molecule has 106 valence electrons. The Balaban J connectivity index is 2.27. The van der Waals surface area contributed by atoms with Crippen molar-refractivity contribution in [3.63, 3.8) is 0 Å². The van der Waals surface area contributed by atoms with E-state index in [1.165, 1.54) is 6.33 Å². The molecule has 1 N–H and O–H groups in total. The van der Waals surface area contributed by atoms with E-state index in [1.807, 2.05) is 25.1 Å². The molecular formula is C14H16ClN3O2. The SMILES string of the molecule is COc1ncnc(OC)c1CNc1c(C)cccc1Cl. The monoisotopic (exact) mass is 293 g/mol. The highest BCUT2D eigenvalue weighted by Gasteiger charge is 2.13. The summed E-state index contributed by atoms with van der Waals surface area (Å²) < 4.78 is 10.5. The number of rotatable bonds is 5. The average molecular weight is 294 g/mol. The van der Waals surface area contributed by atoms with Crippen molar-refractivity contribution in [2.45, 2.75) is 13.5 Å². The van der Waals surface area contributed by atoms with E-state index in [-0.39, 0.29) is 0 Å². The Morgan fingerprint density at radius 3 is 2.35 bits per heavy atom. The van der Waals surface area contributed by atoms with Crippen LogP contribution in [0.15, 0.2) is 24.5 Å². The number of ether oxygens (including phenoxy) is 2. The third-order valence-electron chi connectivity index (χ3n) is 2.92. The molecule has 0 aliphatic carbocycles. The van der Waals surface area contributed by atoms with Gasteiger partial charge in [-0.05, 0) is 18.6 Å². The summed E-state index contributed by atoms with van der Waals surface area (Å²) in [5, 5.41) is 3.94. The standard InChI is InChI=1S/C14H16ClN3O2/c1-9-5-4-6-11(15)12(9)16-7-10-13(19-2)17-8-18-14(10)20-3/h4-6,8,16H,7H2,1-3H3. The van der Waals surface area contributed by atoms with Crippen LogP contribution in [0.5, 0.6) is 11.8 Å². The first-order valence-electron chi connectivity index (χ1n) is 6.08. The third kappa shape index (κ3) is 2.93. The molecule has 1 aromatic heterocycles. The van der Waals surface area contributed by atoms with E-state index in [0.29, 0.717) is 23.3 Å². The highest BCUT2D eigenvalue weighted by atomic mass is 35.5. The van der Waals surface area contributed by atoms with Gasteiger partial charge in [0.15, 0.2) is 0 Å².